The van der Waals surface area contributed by atoms with Gasteiger partial charge >= 0.3 is 5.97 Å². The van der Waals surface area contributed by atoms with Crippen LogP contribution in [0.2, 0.25) is 0 Å². The maximum Gasteiger partial charge on any atom is 0.313 e. The van der Waals surface area contributed by atoms with E-state index in [2.05, 4.69) is 0 Å². The van der Waals surface area contributed by atoms with E-state index in [-0.39, 0.29) is 24.4 Å². The first-order valence-electron chi connectivity index (χ1n) is 4.89. The molecular weight excluding hydrogens is 226 g/mol. The van der Waals surface area contributed by atoms with Gasteiger partial charge in [0.1, 0.15) is 0 Å². The van der Waals surface area contributed by atoms with E-state index >= 15 is 0 Å². The lowest BCUT2D eigenvalue weighted by Gasteiger charge is -2.28. The Kier molecular flexibility index (Phi) is 5.48. The van der Waals surface area contributed by atoms with Gasteiger partial charge in [0.2, 0.25) is 0 Å². The van der Waals surface area contributed by atoms with Crippen LogP contribution >= 0.6 is 12.4 Å². The highest BCUT2D eigenvalue weighted by atomic mass is 35.5. The van der Waals surface area contributed by atoms with Crippen molar-refractivity contribution in [2.24, 2.45) is 11.1 Å². The third kappa shape index (κ3) is 2.97. The van der Waals surface area contributed by atoms with Gasteiger partial charge in [0.05, 0.1) is 12.5 Å². The fourth-order valence-electron chi connectivity index (χ4n) is 1.47. The number of carbonyl (C=O) groups excluding carboxylic acids is 1. The monoisotopic (exact) mass is 243 g/mol. The van der Waals surface area contributed by atoms with Gasteiger partial charge in [-0.2, -0.15) is 0 Å². The fraction of sp³-hybridized carbons (Fsp3) is 0.417. The van der Waals surface area contributed by atoms with Crippen LogP contribution in [0.3, 0.4) is 0 Å². The highest BCUT2D eigenvalue weighted by Crippen LogP contribution is 2.32. The van der Waals surface area contributed by atoms with Crippen molar-refractivity contribution < 1.29 is 9.53 Å². The molecule has 0 saturated carbocycles. The molecule has 1 rings (SSSR count). The van der Waals surface area contributed by atoms with Crippen LogP contribution in [0.15, 0.2) is 30.3 Å². The van der Waals surface area contributed by atoms with Crippen LogP contribution in [0, 0.1) is 5.41 Å². The summed E-state index contributed by atoms with van der Waals surface area (Å²) in [4.78, 5) is 11.5. The Morgan fingerprint density at radius 1 is 1.31 bits per heavy atom. The van der Waals surface area contributed by atoms with E-state index in [1.54, 1.807) is 13.8 Å². The average Bonchev–Trinajstić information content (AvgIpc) is 2.28. The number of hydrogen-bond donors (Lipinski definition) is 1. The Morgan fingerprint density at radius 3 is 2.25 bits per heavy atom. The smallest absolute Gasteiger partial charge is 0.313 e. The minimum atomic E-state index is -0.712. The standard InChI is InChI=1S/C12H17NO2.ClH/c1-12(2,11(14)15-3)10(13)9-7-5-4-6-8-9;/h4-8,10H,13H2,1-3H3;1H/t10-;/m1./s1. The summed E-state index contributed by atoms with van der Waals surface area (Å²) in [7, 11) is 1.38. The lowest BCUT2D eigenvalue weighted by atomic mass is 9.81. The number of nitrogens with two attached hydrogens (primary N) is 1. The summed E-state index contributed by atoms with van der Waals surface area (Å²) in [5.74, 6) is -0.293. The molecule has 0 heterocycles. The predicted molar refractivity (Wildman–Crippen MR) is 66.4 cm³/mol. The molecule has 1 atom stereocenters. The number of hydrogen-bond acceptors (Lipinski definition) is 3. The van der Waals surface area contributed by atoms with Gasteiger partial charge in [0, 0.05) is 6.04 Å². The Bertz CT molecular complexity index is 338. The van der Waals surface area contributed by atoms with Crippen molar-refractivity contribution >= 4 is 18.4 Å². The summed E-state index contributed by atoms with van der Waals surface area (Å²) in [6.07, 6.45) is 0. The third-order valence-corrected chi connectivity index (χ3v) is 2.65. The molecule has 1 aromatic rings. The highest BCUT2D eigenvalue weighted by molar-refractivity contribution is 5.85. The van der Waals surface area contributed by atoms with Crippen LogP contribution in [0.4, 0.5) is 0 Å². The summed E-state index contributed by atoms with van der Waals surface area (Å²) in [6, 6.07) is 9.20. The number of benzene rings is 1. The molecule has 16 heavy (non-hydrogen) atoms. The average molecular weight is 244 g/mol. The first-order valence-corrected chi connectivity index (χ1v) is 4.89. The summed E-state index contributed by atoms with van der Waals surface area (Å²) >= 11 is 0. The Hall–Kier alpha value is -1.06. The molecule has 0 radical (unpaired) electrons. The largest absolute Gasteiger partial charge is 0.469 e. The van der Waals surface area contributed by atoms with E-state index in [1.807, 2.05) is 30.3 Å². The van der Waals surface area contributed by atoms with Crippen molar-refractivity contribution in [2.75, 3.05) is 7.11 Å². The number of rotatable bonds is 3. The van der Waals surface area contributed by atoms with Gasteiger partial charge in [-0.1, -0.05) is 30.3 Å². The molecule has 0 unspecified atom stereocenters. The zero-order chi connectivity index (χ0) is 11.5. The fourth-order valence-corrected chi connectivity index (χ4v) is 1.47. The van der Waals surface area contributed by atoms with Crippen molar-refractivity contribution in [1.29, 1.82) is 0 Å². The van der Waals surface area contributed by atoms with Crippen LogP contribution < -0.4 is 5.73 Å². The minimum Gasteiger partial charge on any atom is -0.469 e. The van der Waals surface area contributed by atoms with Gasteiger partial charge in [-0.3, -0.25) is 4.79 Å². The van der Waals surface area contributed by atoms with Crippen LogP contribution in [0.25, 0.3) is 0 Å². The van der Waals surface area contributed by atoms with E-state index < -0.39 is 5.41 Å². The van der Waals surface area contributed by atoms with E-state index in [4.69, 9.17) is 10.5 Å². The van der Waals surface area contributed by atoms with E-state index in [0.29, 0.717) is 0 Å². The van der Waals surface area contributed by atoms with Gasteiger partial charge in [-0.05, 0) is 19.4 Å². The molecule has 0 aliphatic carbocycles. The molecule has 4 heteroatoms. The lowest BCUT2D eigenvalue weighted by Crippen LogP contribution is -2.37. The highest BCUT2D eigenvalue weighted by Gasteiger charge is 2.36. The Balaban J connectivity index is 0.00000225. The SMILES string of the molecule is COC(=O)C(C)(C)[C@H](N)c1ccccc1.Cl. The molecule has 0 aromatic heterocycles. The molecule has 0 aliphatic rings. The number of halogens is 1. The van der Waals surface area contributed by atoms with Crippen LogP contribution in [-0.4, -0.2) is 13.1 Å². The molecule has 90 valence electrons. The zero-order valence-electron chi connectivity index (χ0n) is 9.77. The number of ether oxygens (including phenoxy) is 1. The molecular formula is C12H18ClNO2. The second kappa shape index (κ2) is 5.87. The minimum absolute atomic E-state index is 0. The second-order valence-electron chi connectivity index (χ2n) is 4.10. The van der Waals surface area contributed by atoms with Gasteiger partial charge in [0.15, 0.2) is 0 Å². The summed E-state index contributed by atoms with van der Waals surface area (Å²) in [5, 5.41) is 0. The third-order valence-electron chi connectivity index (χ3n) is 2.65. The summed E-state index contributed by atoms with van der Waals surface area (Å²) in [6.45, 7) is 3.58. The second-order valence-corrected chi connectivity index (χ2v) is 4.10. The molecule has 0 fully saturated rings. The topological polar surface area (TPSA) is 52.3 Å². The van der Waals surface area contributed by atoms with Crippen molar-refractivity contribution in [3.8, 4) is 0 Å². The quantitative estimate of drug-likeness (QED) is 0.829. The Labute approximate surface area is 102 Å². The van der Waals surface area contributed by atoms with Crippen molar-refractivity contribution in [3.05, 3.63) is 35.9 Å². The van der Waals surface area contributed by atoms with Crippen LogP contribution in [-0.2, 0) is 9.53 Å². The van der Waals surface area contributed by atoms with Crippen molar-refractivity contribution in [2.45, 2.75) is 19.9 Å². The van der Waals surface area contributed by atoms with E-state index in [9.17, 15) is 4.79 Å². The summed E-state index contributed by atoms with van der Waals surface area (Å²) < 4.78 is 4.74. The van der Waals surface area contributed by atoms with Gasteiger partial charge < -0.3 is 10.5 Å². The zero-order valence-corrected chi connectivity index (χ0v) is 10.6. The molecule has 3 nitrogen and oxygen atoms in total. The van der Waals surface area contributed by atoms with Crippen molar-refractivity contribution in [1.82, 2.24) is 0 Å². The molecule has 0 amide bonds. The Morgan fingerprint density at radius 2 is 1.81 bits per heavy atom. The number of carbonyl (C=O) groups is 1. The molecule has 0 bridgehead atoms. The molecule has 0 aliphatic heterocycles. The van der Waals surface area contributed by atoms with E-state index in [1.165, 1.54) is 7.11 Å². The van der Waals surface area contributed by atoms with Crippen LogP contribution in [0.5, 0.6) is 0 Å². The molecule has 1 aromatic carbocycles. The number of methoxy groups -OCH3 is 1. The first-order chi connectivity index (χ1) is 7.00. The first kappa shape index (κ1) is 14.9. The normalized spacial score (nSPS) is 12.5. The predicted octanol–water partition coefficient (Wildman–Crippen LogP) is 2.31. The van der Waals surface area contributed by atoms with Gasteiger partial charge in [-0.15, -0.1) is 12.4 Å². The van der Waals surface area contributed by atoms with Gasteiger partial charge in [0.25, 0.3) is 0 Å². The van der Waals surface area contributed by atoms with Crippen molar-refractivity contribution in [3.63, 3.8) is 0 Å². The summed E-state index contributed by atoms with van der Waals surface area (Å²) in [5.41, 5.74) is 6.27. The molecule has 0 saturated heterocycles. The maximum absolute atomic E-state index is 11.5. The molecule has 0 spiro atoms. The maximum atomic E-state index is 11.5. The lowest BCUT2D eigenvalue weighted by molar-refractivity contribution is -0.152. The van der Waals surface area contributed by atoms with Gasteiger partial charge in [-0.25, -0.2) is 0 Å². The van der Waals surface area contributed by atoms with Crippen LogP contribution in [0.1, 0.15) is 25.5 Å². The van der Waals surface area contributed by atoms with E-state index in [0.717, 1.165) is 5.56 Å². The number of esters is 1. The molecule has 2 N–H and O–H groups in total.